The highest BCUT2D eigenvalue weighted by atomic mass is 16.7. The maximum atomic E-state index is 6.46. The Balaban J connectivity index is 1.58. The predicted molar refractivity (Wildman–Crippen MR) is 155 cm³/mol. The van der Waals surface area contributed by atoms with E-state index in [0.717, 1.165) is 39.2 Å². The summed E-state index contributed by atoms with van der Waals surface area (Å²) in [5.41, 5.74) is 10.6. The third kappa shape index (κ3) is 4.26. The van der Waals surface area contributed by atoms with Crippen LogP contribution in [0, 0.1) is 0 Å². The van der Waals surface area contributed by atoms with Gasteiger partial charge in [-0.1, -0.05) is 133 Å². The average molecular weight is 495 g/mol. The fourth-order valence-electron chi connectivity index (χ4n) is 5.62. The molecule has 1 aliphatic rings. The van der Waals surface area contributed by atoms with Gasteiger partial charge < -0.3 is 0 Å². The minimum Gasteiger partial charge on any atom is -0.293 e. The SMILES string of the molecule is CC(ONC1c2ccccc2C(=Nc2ccccc2)C1(c1ccccc1)c1ccccc1)c1ccccc1. The number of hydrogen-bond acceptors (Lipinski definition) is 3. The Morgan fingerprint density at radius 1 is 0.632 bits per heavy atom. The first kappa shape index (κ1) is 24.1. The quantitative estimate of drug-likeness (QED) is 0.232. The summed E-state index contributed by atoms with van der Waals surface area (Å²) in [4.78, 5) is 11.8. The van der Waals surface area contributed by atoms with Crippen molar-refractivity contribution in [2.75, 3.05) is 0 Å². The maximum Gasteiger partial charge on any atom is 0.101 e. The number of benzene rings is 5. The van der Waals surface area contributed by atoms with Crippen LogP contribution in [0.1, 0.15) is 46.9 Å². The molecule has 0 radical (unpaired) electrons. The van der Waals surface area contributed by atoms with Gasteiger partial charge in [-0.05, 0) is 41.3 Å². The summed E-state index contributed by atoms with van der Waals surface area (Å²) in [6.07, 6.45) is -0.136. The first-order chi connectivity index (χ1) is 18.8. The lowest BCUT2D eigenvalue weighted by atomic mass is 9.68. The van der Waals surface area contributed by atoms with E-state index in [1.54, 1.807) is 0 Å². The number of hydrogen-bond donors (Lipinski definition) is 1. The van der Waals surface area contributed by atoms with Gasteiger partial charge >= 0.3 is 0 Å². The Labute approximate surface area is 224 Å². The summed E-state index contributed by atoms with van der Waals surface area (Å²) < 4.78 is 0. The molecule has 0 aliphatic heterocycles. The summed E-state index contributed by atoms with van der Waals surface area (Å²) in [6.45, 7) is 2.08. The van der Waals surface area contributed by atoms with E-state index >= 15 is 0 Å². The second-order valence-corrected chi connectivity index (χ2v) is 9.64. The van der Waals surface area contributed by atoms with E-state index in [1.165, 1.54) is 0 Å². The molecule has 0 fully saturated rings. The molecule has 5 aromatic carbocycles. The van der Waals surface area contributed by atoms with Crippen LogP contribution in [0.25, 0.3) is 0 Å². The van der Waals surface area contributed by atoms with Crippen LogP contribution in [-0.4, -0.2) is 5.71 Å². The third-order valence-electron chi connectivity index (χ3n) is 7.42. The summed E-state index contributed by atoms with van der Waals surface area (Å²) >= 11 is 0. The molecule has 0 bridgehead atoms. The fourth-order valence-corrected chi connectivity index (χ4v) is 5.62. The molecule has 0 saturated heterocycles. The lowest BCUT2D eigenvalue weighted by molar-refractivity contribution is -0.0433. The molecule has 5 aromatic rings. The normalized spacial score (nSPS) is 17.7. The van der Waals surface area contributed by atoms with Crippen LogP contribution in [0.3, 0.4) is 0 Å². The lowest BCUT2D eigenvalue weighted by Crippen LogP contribution is -2.44. The van der Waals surface area contributed by atoms with Gasteiger partial charge in [0, 0.05) is 5.56 Å². The van der Waals surface area contributed by atoms with Gasteiger partial charge in [0.05, 0.1) is 22.9 Å². The van der Waals surface area contributed by atoms with Crippen molar-refractivity contribution in [3.05, 3.63) is 173 Å². The molecule has 6 rings (SSSR count). The Kier molecular flexibility index (Phi) is 6.70. The highest BCUT2D eigenvalue weighted by Gasteiger charge is 2.54. The number of aliphatic imine (C=N–C) groups is 1. The van der Waals surface area contributed by atoms with Crippen LogP contribution in [0.5, 0.6) is 0 Å². The van der Waals surface area contributed by atoms with E-state index in [4.69, 9.17) is 9.83 Å². The van der Waals surface area contributed by atoms with E-state index in [0.29, 0.717) is 0 Å². The van der Waals surface area contributed by atoms with Gasteiger partial charge in [0.15, 0.2) is 0 Å². The highest BCUT2D eigenvalue weighted by Crippen LogP contribution is 2.53. The van der Waals surface area contributed by atoms with Gasteiger partial charge in [-0.3, -0.25) is 9.83 Å². The minimum absolute atomic E-state index is 0.136. The first-order valence-corrected chi connectivity index (χ1v) is 13.1. The van der Waals surface area contributed by atoms with Gasteiger partial charge in [-0.15, -0.1) is 0 Å². The van der Waals surface area contributed by atoms with Crippen LogP contribution in [-0.2, 0) is 10.3 Å². The zero-order valence-electron chi connectivity index (χ0n) is 21.4. The van der Waals surface area contributed by atoms with Crippen molar-refractivity contribution in [1.82, 2.24) is 5.48 Å². The first-order valence-electron chi connectivity index (χ1n) is 13.1. The molecule has 0 spiro atoms. The Morgan fingerprint density at radius 3 is 1.74 bits per heavy atom. The molecular formula is C35H30N2O. The topological polar surface area (TPSA) is 33.6 Å². The zero-order chi connectivity index (χ0) is 25.8. The molecule has 38 heavy (non-hydrogen) atoms. The summed E-state index contributed by atoms with van der Waals surface area (Å²) in [5, 5.41) is 0. The van der Waals surface area contributed by atoms with Gasteiger partial charge in [-0.2, -0.15) is 5.48 Å². The number of nitrogens with zero attached hydrogens (tertiary/aromatic N) is 1. The highest BCUT2D eigenvalue weighted by molar-refractivity contribution is 6.16. The molecule has 0 aromatic heterocycles. The monoisotopic (exact) mass is 494 g/mol. The van der Waals surface area contributed by atoms with Gasteiger partial charge in [0.25, 0.3) is 0 Å². The van der Waals surface area contributed by atoms with Crippen molar-refractivity contribution < 1.29 is 4.84 Å². The lowest BCUT2D eigenvalue weighted by Gasteiger charge is -2.38. The fraction of sp³-hybridized carbons (Fsp3) is 0.114. The van der Waals surface area contributed by atoms with Crippen LogP contribution >= 0.6 is 0 Å². The predicted octanol–water partition coefficient (Wildman–Crippen LogP) is 8.13. The number of fused-ring (bicyclic) bond motifs is 1. The van der Waals surface area contributed by atoms with Crippen molar-refractivity contribution in [3.63, 3.8) is 0 Å². The molecule has 1 N–H and O–H groups in total. The third-order valence-corrected chi connectivity index (χ3v) is 7.42. The maximum absolute atomic E-state index is 6.46. The van der Waals surface area contributed by atoms with Crippen LogP contribution in [0.2, 0.25) is 0 Å². The Morgan fingerprint density at radius 2 is 1.13 bits per heavy atom. The summed E-state index contributed by atoms with van der Waals surface area (Å²) in [7, 11) is 0. The minimum atomic E-state index is -0.627. The average Bonchev–Trinajstić information content (AvgIpc) is 3.27. The zero-order valence-corrected chi connectivity index (χ0v) is 21.4. The van der Waals surface area contributed by atoms with Crippen LogP contribution in [0.15, 0.2) is 151 Å². The molecule has 0 heterocycles. The Bertz CT molecular complexity index is 1480. The van der Waals surface area contributed by atoms with Gasteiger partial charge in [0.2, 0.25) is 0 Å². The van der Waals surface area contributed by atoms with Crippen LogP contribution < -0.4 is 5.48 Å². The molecule has 3 heteroatoms. The van der Waals surface area contributed by atoms with Crippen LogP contribution in [0.4, 0.5) is 5.69 Å². The summed E-state index contributed by atoms with van der Waals surface area (Å²) in [6, 6.07) is 50.2. The van der Waals surface area contributed by atoms with E-state index < -0.39 is 5.41 Å². The van der Waals surface area contributed by atoms with E-state index in [9.17, 15) is 0 Å². The van der Waals surface area contributed by atoms with E-state index in [1.807, 2.05) is 36.4 Å². The standard InChI is InChI=1S/C35H30N2O/c1-26(27-16-6-2-7-17-27)38-37-34-32-25-15-14-24-31(32)33(36-30-22-12-5-13-23-30)35(34,28-18-8-3-9-19-28)29-20-10-4-11-21-29/h2-26,34,37H,1H3. The molecule has 0 saturated carbocycles. The number of hydroxylamine groups is 1. The van der Waals surface area contributed by atoms with Crippen molar-refractivity contribution in [2.24, 2.45) is 4.99 Å². The molecule has 186 valence electrons. The smallest absolute Gasteiger partial charge is 0.101 e. The molecule has 2 unspecified atom stereocenters. The molecule has 1 aliphatic carbocycles. The van der Waals surface area contributed by atoms with Gasteiger partial charge in [0.1, 0.15) is 6.10 Å². The molecule has 3 nitrogen and oxygen atoms in total. The summed E-state index contributed by atoms with van der Waals surface area (Å²) in [5.74, 6) is 0. The number of para-hydroxylation sites is 1. The number of nitrogens with one attached hydrogen (secondary N) is 1. The van der Waals surface area contributed by atoms with Crippen molar-refractivity contribution in [2.45, 2.75) is 24.5 Å². The molecular weight excluding hydrogens is 464 g/mol. The van der Waals surface area contributed by atoms with Gasteiger partial charge in [-0.25, -0.2) is 0 Å². The van der Waals surface area contributed by atoms with E-state index in [2.05, 4.69) is 122 Å². The van der Waals surface area contributed by atoms with Crippen molar-refractivity contribution >= 4 is 11.4 Å². The van der Waals surface area contributed by atoms with Crippen molar-refractivity contribution in [3.8, 4) is 0 Å². The number of rotatable bonds is 7. The Hall–Kier alpha value is -4.31. The van der Waals surface area contributed by atoms with E-state index in [-0.39, 0.29) is 12.1 Å². The second-order valence-electron chi connectivity index (χ2n) is 9.64. The second kappa shape index (κ2) is 10.6. The molecule has 0 amide bonds. The largest absolute Gasteiger partial charge is 0.293 e. The van der Waals surface area contributed by atoms with Crippen molar-refractivity contribution in [1.29, 1.82) is 0 Å². The molecule has 2 atom stereocenters.